The minimum Gasteiger partial charge on any atom is -0.299 e. The SMILES string of the molecule is c1ccc(CN(CC2CC2)Sc2ccc(CN3CCCC3)cc2)cc1. The van der Waals surface area contributed by atoms with E-state index in [1.54, 1.807) is 0 Å². The molecule has 3 heteroatoms. The van der Waals surface area contributed by atoms with Gasteiger partial charge in [-0.2, -0.15) is 0 Å². The van der Waals surface area contributed by atoms with E-state index >= 15 is 0 Å². The van der Waals surface area contributed by atoms with Gasteiger partial charge in [0.05, 0.1) is 0 Å². The van der Waals surface area contributed by atoms with Gasteiger partial charge in [-0.15, -0.1) is 0 Å². The Balaban J connectivity index is 1.36. The van der Waals surface area contributed by atoms with Gasteiger partial charge in [0, 0.05) is 24.5 Å². The normalized spacial score (nSPS) is 18.1. The molecule has 1 aliphatic heterocycles. The summed E-state index contributed by atoms with van der Waals surface area (Å²) in [5, 5.41) is 0. The monoisotopic (exact) mass is 352 g/mol. The van der Waals surface area contributed by atoms with Crippen molar-refractivity contribution in [1.29, 1.82) is 0 Å². The quantitative estimate of drug-likeness (QED) is 0.603. The Kier molecular flexibility index (Phi) is 5.75. The number of nitrogens with zero attached hydrogens (tertiary/aromatic N) is 2. The molecule has 2 nitrogen and oxygen atoms in total. The van der Waals surface area contributed by atoms with E-state index in [9.17, 15) is 0 Å². The Labute approximate surface area is 156 Å². The van der Waals surface area contributed by atoms with Crippen molar-refractivity contribution in [3.8, 4) is 0 Å². The number of hydrogen-bond acceptors (Lipinski definition) is 3. The summed E-state index contributed by atoms with van der Waals surface area (Å²) in [6.45, 7) is 5.87. The second-order valence-electron chi connectivity index (χ2n) is 7.47. The second kappa shape index (κ2) is 8.39. The zero-order valence-electron chi connectivity index (χ0n) is 14.9. The molecule has 0 bridgehead atoms. The van der Waals surface area contributed by atoms with Gasteiger partial charge in [-0.25, -0.2) is 4.31 Å². The predicted octanol–water partition coefficient (Wildman–Crippen LogP) is 5.20. The van der Waals surface area contributed by atoms with Crippen molar-refractivity contribution in [2.45, 2.75) is 43.7 Å². The molecule has 2 aromatic carbocycles. The van der Waals surface area contributed by atoms with Crippen LogP contribution in [0, 0.1) is 5.92 Å². The summed E-state index contributed by atoms with van der Waals surface area (Å²) in [4.78, 5) is 3.93. The van der Waals surface area contributed by atoms with E-state index in [1.807, 2.05) is 11.9 Å². The first-order chi connectivity index (χ1) is 12.3. The minimum absolute atomic E-state index is 0.908. The van der Waals surface area contributed by atoms with Crippen LogP contribution in [0.5, 0.6) is 0 Å². The van der Waals surface area contributed by atoms with Crippen LogP contribution < -0.4 is 0 Å². The fourth-order valence-corrected chi connectivity index (χ4v) is 4.57. The number of benzene rings is 2. The molecule has 2 aromatic rings. The lowest BCUT2D eigenvalue weighted by Gasteiger charge is -2.21. The standard InChI is InChI=1S/C22H28N2S/c1-2-6-19(7-3-1)17-24(18-21-8-9-21)25-22-12-10-20(11-13-22)16-23-14-4-5-15-23/h1-3,6-7,10-13,21H,4-5,8-9,14-18H2. The molecule has 0 N–H and O–H groups in total. The van der Waals surface area contributed by atoms with E-state index in [2.05, 4.69) is 63.8 Å². The van der Waals surface area contributed by atoms with Gasteiger partial charge in [-0.1, -0.05) is 42.5 Å². The van der Waals surface area contributed by atoms with Gasteiger partial charge in [0.15, 0.2) is 0 Å². The van der Waals surface area contributed by atoms with E-state index < -0.39 is 0 Å². The van der Waals surface area contributed by atoms with Gasteiger partial charge < -0.3 is 0 Å². The maximum absolute atomic E-state index is 2.57. The van der Waals surface area contributed by atoms with Crippen LogP contribution in [0.1, 0.15) is 36.8 Å². The maximum atomic E-state index is 2.57. The maximum Gasteiger partial charge on any atom is 0.0344 e. The van der Waals surface area contributed by atoms with Crippen LogP contribution in [-0.4, -0.2) is 28.8 Å². The Hall–Kier alpha value is -1.29. The van der Waals surface area contributed by atoms with Crippen molar-refractivity contribution >= 4 is 11.9 Å². The molecule has 1 saturated heterocycles. The molecule has 0 unspecified atom stereocenters. The summed E-state index contributed by atoms with van der Waals surface area (Å²) < 4.78 is 2.54. The average Bonchev–Trinajstić information content (AvgIpc) is 3.30. The molecular weight excluding hydrogens is 324 g/mol. The third-order valence-corrected chi connectivity index (χ3v) is 6.14. The smallest absolute Gasteiger partial charge is 0.0344 e. The molecular formula is C22H28N2S. The van der Waals surface area contributed by atoms with Crippen molar-refractivity contribution in [2.75, 3.05) is 19.6 Å². The third kappa shape index (κ3) is 5.34. The van der Waals surface area contributed by atoms with Crippen LogP contribution >= 0.6 is 11.9 Å². The molecule has 1 heterocycles. The fourth-order valence-electron chi connectivity index (χ4n) is 3.51. The summed E-state index contributed by atoms with van der Waals surface area (Å²) >= 11 is 1.92. The van der Waals surface area contributed by atoms with Crippen LogP contribution in [0.15, 0.2) is 59.5 Å². The first-order valence-electron chi connectivity index (χ1n) is 9.63. The highest BCUT2D eigenvalue weighted by atomic mass is 32.2. The number of rotatable bonds is 8. The van der Waals surface area contributed by atoms with Gasteiger partial charge in [0.25, 0.3) is 0 Å². The molecule has 0 aromatic heterocycles. The van der Waals surface area contributed by atoms with Crippen LogP contribution in [-0.2, 0) is 13.1 Å². The van der Waals surface area contributed by atoms with E-state index in [0.717, 1.165) is 19.0 Å². The lowest BCUT2D eigenvalue weighted by Crippen LogP contribution is -2.18. The molecule has 0 radical (unpaired) electrons. The Morgan fingerprint density at radius 2 is 1.60 bits per heavy atom. The van der Waals surface area contributed by atoms with Crippen molar-refractivity contribution < 1.29 is 0 Å². The van der Waals surface area contributed by atoms with Gasteiger partial charge in [-0.3, -0.25) is 4.90 Å². The van der Waals surface area contributed by atoms with Crippen LogP contribution in [0.3, 0.4) is 0 Å². The van der Waals surface area contributed by atoms with Gasteiger partial charge in [0.1, 0.15) is 0 Å². The summed E-state index contributed by atoms with van der Waals surface area (Å²) in [5.41, 5.74) is 2.85. The van der Waals surface area contributed by atoms with Crippen LogP contribution in [0.4, 0.5) is 0 Å². The molecule has 0 amide bonds. The molecule has 0 atom stereocenters. The summed E-state index contributed by atoms with van der Waals surface area (Å²) in [5.74, 6) is 0.908. The zero-order valence-corrected chi connectivity index (χ0v) is 15.8. The molecule has 132 valence electrons. The van der Waals surface area contributed by atoms with Crippen molar-refractivity contribution in [3.63, 3.8) is 0 Å². The van der Waals surface area contributed by atoms with Gasteiger partial charge in [-0.05, 0) is 79.9 Å². The molecule has 0 spiro atoms. The highest BCUT2D eigenvalue weighted by Crippen LogP contribution is 2.34. The number of hydrogen-bond donors (Lipinski definition) is 0. The highest BCUT2D eigenvalue weighted by Gasteiger charge is 2.25. The zero-order chi connectivity index (χ0) is 16.9. The Morgan fingerprint density at radius 3 is 2.28 bits per heavy atom. The fraction of sp³-hybridized carbons (Fsp3) is 0.455. The first-order valence-corrected chi connectivity index (χ1v) is 10.4. The lowest BCUT2D eigenvalue weighted by molar-refractivity contribution is 0.331. The topological polar surface area (TPSA) is 6.48 Å². The lowest BCUT2D eigenvalue weighted by atomic mass is 10.2. The van der Waals surface area contributed by atoms with Crippen molar-refractivity contribution in [1.82, 2.24) is 9.21 Å². The first kappa shape index (κ1) is 17.1. The predicted molar refractivity (Wildman–Crippen MR) is 106 cm³/mol. The van der Waals surface area contributed by atoms with Gasteiger partial charge in [0.2, 0.25) is 0 Å². The average molecular weight is 353 g/mol. The molecule has 1 saturated carbocycles. The molecule has 2 fully saturated rings. The number of likely N-dealkylation sites (tertiary alicyclic amines) is 1. The second-order valence-corrected chi connectivity index (χ2v) is 8.64. The summed E-state index contributed by atoms with van der Waals surface area (Å²) in [7, 11) is 0. The molecule has 25 heavy (non-hydrogen) atoms. The van der Waals surface area contributed by atoms with Crippen molar-refractivity contribution in [2.24, 2.45) is 5.92 Å². The molecule has 4 rings (SSSR count). The van der Waals surface area contributed by atoms with Crippen LogP contribution in [0.25, 0.3) is 0 Å². The Morgan fingerprint density at radius 1 is 0.880 bits per heavy atom. The molecule has 1 aliphatic carbocycles. The largest absolute Gasteiger partial charge is 0.299 e. The van der Waals surface area contributed by atoms with E-state index in [1.165, 1.54) is 61.3 Å². The highest BCUT2D eigenvalue weighted by molar-refractivity contribution is 7.97. The molecule has 2 aliphatic rings. The summed E-state index contributed by atoms with van der Waals surface area (Å²) in [6.07, 6.45) is 5.54. The summed E-state index contributed by atoms with van der Waals surface area (Å²) in [6, 6.07) is 20.1. The minimum atomic E-state index is 0.908. The third-order valence-electron chi connectivity index (χ3n) is 5.12. The van der Waals surface area contributed by atoms with E-state index in [-0.39, 0.29) is 0 Å². The van der Waals surface area contributed by atoms with Crippen LogP contribution in [0.2, 0.25) is 0 Å². The van der Waals surface area contributed by atoms with Crippen molar-refractivity contribution in [3.05, 3.63) is 65.7 Å². The van der Waals surface area contributed by atoms with E-state index in [0.29, 0.717) is 0 Å². The van der Waals surface area contributed by atoms with E-state index in [4.69, 9.17) is 0 Å². The van der Waals surface area contributed by atoms with Gasteiger partial charge >= 0.3 is 0 Å². The Bertz CT molecular complexity index is 645.